The summed E-state index contributed by atoms with van der Waals surface area (Å²) in [6.45, 7) is 0. The summed E-state index contributed by atoms with van der Waals surface area (Å²) in [4.78, 5) is 28.5. The molecule has 0 aliphatic heterocycles. The van der Waals surface area contributed by atoms with Crippen LogP contribution in [0.15, 0.2) is 47.5 Å². The van der Waals surface area contributed by atoms with E-state index in [4.69, 9.17) is 0 Å². The second-order valence-electron chi connectivity index (χ2n) is 5.50. The van der Waals surface area contributed by atoms with Gasteiger partial charge in [-0.05, 0) is 23.8 Å². The molecular weight excluding hydrogens is 278 g/mol. The van der Waals surface area contributed by atoms with E-state index >= 15 is 0 Å². The number of fused-ring (bicyclic) bond motifs is 1. The highest BCUT2D eigenvalue weighted by atomic mass is 16.2. The highest BCUT2D eigenvalue weighted by Gasteiger charge is 2.11. The van der Waals surface area contributed by atoms with E-state index in [1.54, 1.807) is 48.9 Å². The number of nitrogens with one attached hydrogen (secondary N) is 1. The molecule has 0 bridgehead atoms. The van der Waals surface area contributed by atoms with E-state index in [9.17, 15) is 9.59 Å². The maximum atomic E-state index is 12.1. The number of aromatic amines is 1. The lowest BCUT2D eigenvalue weighted by molar-refractivity contribution is 0.0827. The van der Waals surface area contributed by atoms with Crippen LogP contribution in [0, 0.1) is 0 Å². The first-order valence-corrected chi connectivity index (χ1v) is 6.98. The van der Waals surface area contributed by atoms with Crippen LogP contribution in [0.2, 0.25) is 0 Å². The molecule has 0 spiro atoms. The highest BCUT2D eigenvalue weighted by molar-refractivity contribution is 5.97. The molecule has 2 aromatic heterocycles. The molecule has 0 fully saturated rings. The van der Waals surface area contributed by atoms with Gasteiger partial charge in [0.2, 0.25) is 0 Å². The fourth-order valence-electron chi connectivity index (χ4n) is 2.55. The topological polar surface area (TPSA) is 58.1 Å². The van der Waals surface area contributed by atoms with E-state index in [1.807, 2.05) is 24.4 Å². The third kappa shape index (κ3) is 2.20. The zero-order valence-electron chi connectivity index (χ0n) is 12.8. The van der Waals surface area contributed by atoms with E-state index < -0.39 is 0 Å². The Kier molecular flexibility index (Phi) is 3.33. The molecule has 1 amide bonds. The second-order valence-corrected chi connectivity index (χ2v) is 5.50. The number of aromatic nitrogens is 2. The van der Waals surface area contributed by atoms with E-state index in [1.165, 1.54) is 0 Å². The molecule has 1 aromatic carbocycles. The van der Waals surface area contributed by atoms with Gasteiger partial charge in [-0.3, -0.25) is 9.59 Å². The fourth-order valence-corrected chi connectivity index (χ4v) is 2.55. The van der Waals surface area contributed by atoms with E-state index in [-0.39, 0.29) is 11.5 Å². The van der Waals surface area contributed by atoms with Gasteiger partial charge in [-0.2, -0.15) is 0 Å². The maximum Gasteiger partial charge on any atom is 0.274 e. The van der Waals surface area contributed by atoms with Crippen LogP contribution in [0.4, 0.5) is 0 Å². The number of rotatable bonds is 2. The van der Waals surface area contributed by atoms with Crippen molar-refractivity contribution >= 4 is 16.8 Å². The summed E-state index contributed by atoms with van der Waals surface area (Å²) in [5.41, 5.74) is 3.11. The quantitative estimate of drug-likeness (QED) is 0.788. The van der Waals surface area contributed by atoms with Gasteiger partial charge in [0.05, 0.1) is 0 Å². The van der Waals surface area contributed by atoms with Gasteiger partial charge < -0.3 is 14.5 Å². The van der Waals surface area contributed by atoms with E-state index in [0.29, 0.717) is 11.1 Å². The number of carbonyl (C=O) groups excluding carboxylic acids is 1. The first-order valence-electron chi connectivity index (χ1n) is 6.98. The number of carbonyl (C=O) groups is 1. The molecule has 0 saturated heterocycles. The van der Waals surface area contributed by atoms with Gasteiger partial charge in [0.15, 0.2) is 0 Å². The summed E-state index contributed by atoms with van der Waals surface area (Å²) >= 11 is 0. The number of nitrogens with zero attached hydrogens (tertiary/aromatic N) is 2. The van der Waals surface area contributed by atoms with Gasteiger partial charge in [-0.25, -0.2) is 0 Å². The second kappa shape index (κ2) is 5.18. The highest BCUT2D eigenvalue weighted by Crippen LogP contribution is 2.26. The predicted molar refractivity (Wildman–Crippen MR) is 87.0 cm³/mol. The molecular formula is C17H17N3O2. The van der Waals surface area contributed by atoms with Crippen molar-refractivity contribution in [3.8, 4) is 11.1 Å². The Morgan fingerprint density at radius 3 is 2.45 bits per heavy atom. The van der Waals surface area contributed by atoms with Crippen molar-refractivity contribution in [3.63, 3.8) is 0 Å². The lowest BCUT2D eigenvalue weighted by Gasteiger charge is -2.11. The van der Waals surface area contributed by atoms with Gasteiger partial charge in [-0.1, -0.05) is 12.1 Å². The molecule has 3 aromatic rings. The van der Waals surface area contributed by atoms with Crippen LogP contribution in [-0.2, 0) is 7.05 Å². The number of hydrogen-bond donors (Lipinski definition) is 1. The summed E-state index contributed by atoms with van der Waals surface area (Å²) in [7, 11) is 5.19. The van der Waals surface area contributed by atoms with Crippen molar-refractivity contribution in [1.29, 1.82) is 0 Å². The van der Waals surface area contributed by atoms with Gasteiger partial charge in [0.25, 0.3) is 11.5 Å². The first-order chi connectivity index (χ1) is 10.5. The molecule has 0 aliphatic rings. The average Bonchev–Trinajstić information content (AvgIpc) is 3.00. The Morgan fingerprint density at radius 1 is 1.14 bits per heavy atom. The normalized spacial score (nSPS) is 10.9. The van der Waals surface area contributed by atoms with Crippen LogP contribution in [-0.4, -0.2) is 34.5 Å². The largest absolute Gasteiger partial charge is 0.357 e. The monoisotopic (exact) mass is 295 g/mol. The van der Waals surface area contributed by atoms with Crippen molar-refractivity contribution < 1.29 is 4.79 Å². The summed E-state index contributed by atoms with van der Waals surface area (Å²) in [6.07, 6.45) is 3.58. The third-order valence-electron chi connectivity index (χ3n) is 3.74. The van der Waals surface area contributed by atoms with Crippen molar-refractivity contribution in [2.24, 2.45) is 7.05 Å². The minimum absolute atomic E-state index is 0.0289. The molecule has 0 atom stereocenters. The molecule has 1 N–H and O–H groups in total. The molecule has 5 nitrogen and oxygen atoms in total. The molecule has 5 heteroatoms. The molecule has 3 rings (SSSR count). The number of amides is 1. The molecule has 2 heterocycles. The lowest BCUT2D eigenvalue weighted by atomic mass is 10.0. The van der Waals surface area contributed by atoms with Gasteiger partial charge in [0.1, 0.15) is 5.52 Å². The zero-order valence-corrected chi connectivity index (χ0v) is 12.8. The van der Waals surface area contributed by atoms with Crippen LogP contribution in [0.5, 0.6) is 0 Å². The van der Waals surface area contributed by atoms with Crippen LogP contribution in [0.3, 0.4) is 0 Å². The molecule has 112 valence electrons. The van der Waals surface area contributed by atoms with Crippen LogP contribution in [0.25, 0.3) is 22.0 Å². The number of pyridine rings is 1. The molecule has 0 radical (unpaired) electrons. The summed E-state index contributed by atoms with van der Waals surface area (Å²) < 4.78 is 1.56. The van der Waals surface area contributed by atoms with Crippen molar-refractivity contribution in [2.75, 3.05) is 14.1 Å². The molecule has 22 heavy (non-hydrogen) atoms. The molecule has 0 saturated carbocycles. The Hall–Kier alpha value is -2.82. The number of H-pyrrole nitrogens is 1. The Morgan fingerprint density at radius 2 is 1.82 bits per heavy atom. The van der Waals surface area contributed by atoms with Crippen LogP contribution in [0.1, 0.15) is 10.4 Å². The summed E-state index contributed by atoms with van der Waals surface area (Å²) in [5.74, 6) is -0.0289. The van der Waals surface area contributed by atoms with Crippen molar-refractivity contribution in [3.05, 3.63) is 58.6 Å². The molecule has 0 aliphatic carbocycles. The standard InChI is InChI=1S/C17H17N3O2/c1-19(2)16(21)12-6-4-11(5-7-12)14-10-20(3)17(22)15-13(14)8-9-18-15/h4-10,18H,1-3H3. The smallest absolute Gasteiger partial charge is 0.274 e. The van der Waals surface area contributed by atoms with Crippen LogP contribution >= 0.6 is 0 Å². The Labute approximate surface area is 127 Å². The van der Waals surface area contributed by atoms with Gasteiger partial charge >= 0.3 is 0 Å². The third-order valence-corrected chi connectivity index (χ3v) is 3.74. The minimum Gasteiger partial charge on any atom is -0.357 e. The fraction of sp³-hybridized carbons (Fsp3) is 0.176. The SMILES string of the molecule is CN(C)C(=O)c1ccc(-c2cn(C)c(=O)c3[nH]ccc23)cc1. The Balaban J connectivity index is 2.12. The Bertz CT molecular complexity index is 902. The average molecular weight is 295 g/mol. The van der Waals surface area contributed by atoms with Crippen molar-refractivity contribution in [1.82, 2.24) is 14.5 Å². The number of benzene rings is 1. The van der Waals surface area contributed by atoms with E-state index in [0.717, 1.165) is 16.5 Å². The molecule has 0 unspecified atom stereocenters. The van der Waals surface area contributed by atoms with Gasteiger partial charge in [0, 0.05) is 50.0 Å². The number of aryl methyl sites for hydroxylation is 1. The van der Waals surface area contributed by atoms with Crippen molar-refractivity contribution in [2.45, 2.75) is 0 Å². The predicted octanol–water partition coefficient (Wildman–Crippen LogP) is 2.24. The lowest BCUT2D eigenvalue weighted by Crippen LogP contribution is -2.21. The first kappa shape index (κ1) is 14.1. The van der Waals surface area contributed by atoms with Gasteiger partial charge in [-0.15, -0.1) is 0 Å². The van der Waals surface area contributed by atoms with E-state index in [2.05, 4.69) is 4.98 Å². The number of hydrogen-bond acceptors (Lipinski definition) is 2. The minimum atomic E-state index is -0.0526. The summed E-state index contributed by atoms with van der Waals surface area (Å²) in [6, 6.07) is 9.32. The van der Waals surface area contributed by atoms with Crippen LogP contribution < -0.4 is 5.56 Å². The summed E-state index contributed by atoms with van der Waals surface area (Å²) in [5, 5.41) is 0.884. The maximum absolute atomic E-state index is 12.1. The zero-order chi connectivity index (χ0) is 15.9.